The van der Waals surface area contributed by atoms with Gasteiger partial charge >= 0.3 is 0 Å². The number of hydrogen-bond donors (Lipinski definition) is 1. The van der Waals surface area contributed by atoms with Gasteiger partial charge in [-0.2, -0.15) is 0 Å². The fraction of sp³-hybridized carbons (Fsp3) is 0.562. The Balaban J connectivity index is 2.35. The van der Waals surface area contributed by atoms with Crippen LogP contribution in [0.3, 0.4) is 0 Å². The second kappa shape index (κ2) is 6.55. The number of nitrogens with two attached hydrogens (primary N) is 1. The number of ether oxygens (including phenoxy) is 1. The highest BCUT2D eigenvalue weighted by molar-refractivity contribution is 7.80. The van der Waals surface area contributed by atoms with Crippen molar-refractivity contribution in [2.24, 2.45) is 11.7 Å². The molecule has 1 aromatic rings. The lowest BCUT2D eigenvalue weighted by molar-refractivity contribution is 0.202. The minimum Gasteiger partial charge on any atom is -0.389 e. The highest BCUT2D eigenvalue weighted by Gasteiger charge is 2.33. The Bertz CT molecular complexity index is 485. The highest BCUT2D eigenvalue weighted by atomic mass is 32.1. The molecule has 3 nitrogen and oxygen atoms in total. The molecule has 1 fully saturated rings. The van der Waals surface area contributed by atoms with Crippen molar-refractivity contribution in [1.29, 1.82) is 0 Å². The number of nitrogens with zero attached hydrogens (tertiary/aromatic N) is 1. The zero-order valence-electron chi connectivity index (χ0n) is 12.6. The van der Waals surface area contributed by atoms with Gasteiger partial charge in [0.2, 0.25) is 0 Å². The van der Waals surface area contributed by atoms with Gasteiger partial charge in [-0.25, -0.2) is 0 Å². The van der Waals surface area contributed by atoms with Crippen molar-refractivity contribution in [3.05, 3.63) is 29.3 Å². The Labute approximate surface area is 127 Å². The van der Waals surface area contributed by atoms with Crippen molar-refractivity contribution < 1.29 is 4.74 Å². The minimum atomic E-state index is 0.463. The summed E-state index contributed by atoms with van der Waals surface area (Å²) in [7, 11) is 1.74. The molecule has 1 aromatic carbocycles. The van der Waals surface area contributed by atoms with E-state index in [1.165, 1.54) is 18.4 Å². The average Bonchev–Trinajstić information content (AvgIpc) is 3.23. The Morgan fingerprint density at radius 2 is 2.20 bits per heavy atom. The molecule has 1 unspecified atom stereocenters. The molecule has 0 spiro atoms. The summed E-state index contributed by atoms with van der Waals surface area (Å²) in [5.41, 5.74) is 9.24. The van der Waals surface area contributed by atoms with Crippen LogP contribution in [-0.2, 0) is 4.74 Å². The predicted octanol–water partition coefficient (Wildman–Crippen LogP) is 2.88. The summed E-state index contributed by atoms with van der Waals surface area (Å²) in [5, 5.41) is 0. The minimum absolute atomic E-state index is 0.463. The number of benzene rings is 1. The third-order valence-electron chi connectivity index (χ3n) is 4.06. The number of thiocarbonyl (C=S) groups is 1. The number of hydrogen-bond acceptors (Lipinski definition) is 3. The van der Waals surface area contributed by atoms with Crippen molar-refractivity contribution in [1.82, 2.24) is 0 Å². The molecule has 0 saturated heterocycles. The first-order valence-electron chi connectivity index (χ1n) is 7.20. The Kier molecular flexibility index (Phi) is 5.00. The van der Waals surface area contributed by atoms with Crippen LogP contribution in [-0.4, -0.2) is 31.3 Å². The number of methoxy groups -OCH3 is 1. The van der Waals surface area contributed by atoms with Gasteiger partial charge in [-0.05, 0) is 50.3 Å². The van der Waals surface area contributed by atoms with Crippen LogP contribution in [0.2, 0.25) is 0 Å². The van der Waals surface area contributed by atoms with Gasteiger partial charge in [0.1, 0.15) is 4.99 Å². The van der Waals surface area contributed by atoms with E-state index in [9.17, 15) is 0 Å². The first-order chi connectivity index (χ1) is 9.54. The zero-order valence-corrected chi connectivity index (χ0v) is 13.4. The fourth-order valence-corrected chi connectivity index (χ4v) is 2.83. The molecule has 0 aliphatic heterocycles. The van der Waals surface area contributed by atoms with Crippen molar-refractivity contribution in [2.45, 2.75) is 32.7 Å². The maximum absolute atomic E-state index is 5.90. The van der Waals surface area contributed by atoms with Crippen molar-refractivity contribution in [3.63, 3.8) is 0 Å². The second-order valence-corrected chi connectivity index (χ2v) is 6.09. The molecule has 2 rings (SSSR count). The summed E-state index contributed by atoms with van der Waals surface area (Å²) >= 11 is 5.21. The Morgan fingerprint density at radius 3 is 2.75 bits per heavy atom. The van der Waals surface area contributed by atoms with E-state index < -0.39 is 0 Å². The summed E-state index contributed by atoms with van der Waals surface area (Å²) in [6.45, 7) is 5.97. The lowest BCUT2D eigenvalue weighted by Crippen LogP contribution is -2.38. The lowest BCUT2D eigenvalue weighted by atomic mass is 10.1. The molecule has 110 valence electrons. The van der Waals surface area contributed by atoms with E-state index in [4.69, 9.17) is 22.7 Å². The van der Waals surface area contributed by atoms with Gasteiger partial charge in [0.25, 0.3) is 0 Å². The quantitative estimate of drug-likeness (QED) is 0.784. The van der Waals surface area contributed by atoms with E-state index in [0.717, 1.165) is 23.7 Å². The van der Waals surface area contributed by atoms with Gasteiger partial charge in [0, 0.05) is 30.9 Å². The first-order valence-corrected chi connectivity index (χ1v) is 7.61. The summed E-state index contributed by atoms with van der Waals surface area (Å²) in [4.78, 5) is 2.87. The third kappa shape index (κ3) is 3.49. The van der Waals surface area contributed by atoms with Gasteiger partial charge in [-0.3, -0.25) is 0 Å². The Morgan fingerprint density at radius 1 is 1.50 bits per heavy atom. The van der Waals surface area contributed by atoms with Gasteiger partial charge in [-0.1, -0.05) is 18.3 Å². The first kappa shape index (κ1) is 15.3. The van der Waals surface area contributed by atoms with E-state index in [0.29, 0.717) is 17.6 Å². The molecule has 1 aliphatic rings. The zero-order chi connectivity index (χ0) is 14.7. The summed E-state index contributed by atoms with van der Waals surface area (Å²) in [6.07, 6.45) is 2.64. The highest BCUT2D eigenvalue weighted by Crippen LogP contribution is 2.37. The monoisotopic (exact) mass is 292 g/mol. The molecule has 0 aromatic heterocycles. The van der Waals surface area contributed by atoms with Gasteiger partial charge < -0.3 is 15.4 Å². The summed E-state index contributed by atoms with van der Waals surface area (Å²) in [6, 6.07) is 6.78. The number of aryl methyl sites for hydroxylation is 1. The molecule has 2 N–H and O–H groups in total. The molecule has 1 atom stereocenters. The van der Waals surface area contributed by atoms with E-state index in [-0.39, 0.29) is 0 Å². The second-order valence-electron chi connectivity index (χ2n) is 5.65. The molecule has 0 radical (unpaired) electrons. The Hall–Kier alpha value is -1.13. The maximum Gasteiger partial charge on any atom is 0.106 e. The molecule has 1 aliphatic carbocycles. The summed E-state index contributed by atoms with van der Waals surface area (Å²) < 4.78 is 5.27. The van der Waals surface area contributed by atoms with Crippen LogP contribution in [0.4, 0.5) is 5.69 Å². The topological polar surface area (TPSA) is 38.5 Å². The maximum atomic E-state index is 5.90. The number of rotatable bonds is 7. The average molecular weight is 292 g/mol. The van der Waals surface area contributed by atoms with Gasteiger partial charge in [0.15, 0.2) is 0 Å². The van der Waals surface area contributed by atoms with E-state index in [1.807, 2.05) is 6.07 Å². The van der Waals surface area contributed by atoms with Crippen molar-refractivity contribution in [3.8, 4) is 0 Å². The van der Waals surface area contributed by atoms with Crippen LogP contribution in [0.15, 0.2) is 18.2 Å². The van der Waals surface area contributed by atoms with Crippen LogP contribution >= 0.6 is 12.2 Å². The van der Waals surface area contributed by atoms with Crippen LogP contribution in [0.25, 0.3) is 0 Å². The third-order valence-corrected chi connectivity index (χ3v) is 4.28. The normalized spacial score (nSPS) is 15.9. The standard InChI is InChI=1S/C16H24N2OS/c1-11-4-7-14(16(17)20)15(10-11)18(8-9-19-3)12(2)13-5-6-13/h4,7,10,12-13H,5-6,8-9H2,1-3H3,(H2,17,20). The van der Waals surface area contributed by atoms with Gasteiger partial charge in [-0.15, -0.1) is 0 Å². The molecular weight excluding hydrogens is 268 g/mol. The van der Waals surface area contributed by atoms with Crippen LogP contribution in [0.5, 0.6) is 0 Å². The molecular formula is C16H24N2OS. The van der Waals surface area contributed by atoms with E-state index >= 15 is 0 Å². The van der Waals surface area contributed by atoms with E-state index in [2.05, 4.69) is 30.9 Å². The van der Waals surface area contributed by atoms with Crippen molar-refractivity contribution >= 4 is 22.9 Å². The smallest absolute Gasteiger partial charge is 0.106 e. The van der Waals surface area contributed by atoms with E-state index in [1.54, 1.807) is 7.11 Å². The molecule has 4 heteroatoms. The lowest BCUT2D eigenvalue weighted by Gasteiger charge is -2.33. The van der Waals surface area contributed by atoms with Crippen LogP contribution < -0.4 is 10.6 Å². The fourth-order valence-electron chi connectivity index (χ4n) is 2.65. The predicted molar refractivity (Wildman–Crippen MR) is 88.5 cm³/mol. The molecule has 1 saturated carbocycles. The van der Waals surface area contributed by atoms with Crippen molar-refractivity contribution in [2.75, 3.05) is 25.2 Å². The molecule has 20 heavy (non-hydrogen) atoms. The SMILES string of the molecule is COCCN(c1cc(C)ccc1C(N)=S)C(C)C1CC1. The number of anilines is 1. The molecule has 0 amide bonds. The van der Waals surface area contributed by atoms with Gasteiger partial charge in [0.05, 0.1) is 6.61 Å². The molecule has 0 heterocycles. The summed E-state index contributed by atoms with van der Waals surface area (Å²) in [5.74, 6) is 0.784. The van der Waals surface area contributed by atoms with Crippen LogP contribution in [0, 0.1) is 12.8 Å². The van der Waals surface area contributed by atoms with Crippen LogP contribution in [0.1, 0.15) is 30.9 Å². The molecule has 0 bridgehead atoms. The largest absolute Gasteiger partial charge is 0.389 e.